The van der Waals surface area contributed by atoms with Gasteiger partial charge in [0.25, 0.3) is 0 Å². The summed E-state index contributed by atoms with van der Waals surface area (Å²) in [6.45, 7) is 3.99. The number of ketones is 2. The molecular weight excluding hydrogens is 524 g/mol. The highest BCUT2D eigenvalue weighted by Crippen LogP contribution is 2.62. The molecule has 4 aromatic rings. The molecule has 1 saturated heterocycles. The minimum Gasteiger partial charge on any atom is -0.490 e. The van der Waals surface area contributed by atoms with Gasteiger partial charge in [0, 0.05) is 23.0 Å². The molecule has 6 heteroatoms. The molecule has 1 amide bonds. The van der Waals surface area contributed by atoms with E-state index in [1.165, 1.54) is 0 Å². The summed E-state index contributed by atoms with van der Waals surface area (Å²) in [5, 5.41) is 3.08. The molecule has 3 aliphatic heterocycles. The highest BCUT2D eigenvalue weighted by molar-refractivity contribution is 6.16. The van der Waals surface area contributed by atoms with Crippen LogP contribution < -0.4 is 10.1 Å². The molecule has 1 N–H and O–H groups in total. The molecule has 0 aromatic heterocycles. The minimum atomic E-state index is -1.37. The molecule has 42 heavy (non-hydrogen) atoms. The van der Waals surface area contributed by atoms with E-state index in [0.717, 1.165) is 16.7 Å². The Morgan fingerprint density at radius 1 is 0.881 bits per heavy atom. The summed E-state index contributed by atoms with van der Waals surface area (Å²) in [5.74, 6) is -1.32. The first-order chi connectivity index (χ1) is 20.6. The molecule has 0 unspecified atom stereocenters. The number of carbonyl (C=O) groups is 3. The molecule has 3 heterocycles. The van der Waals surface area contributed by atoms with Gasteiger partial charge in [-0.1, -0.05) is 97.6 Å². The van der Waals surface area contributed by atoms with Crippen LogP contribution in [0.2, 0.25) is 0 Å². The maximum Gasteiger partial charge on any atom is 0.238 e. The van der Waals surface area contributed by atoms with Gasteiger partial charge in [0.1, 0.15) is 23.8 Å². The fraction of sp³-hybridized carbons (Fsp3) is 0.139. The number of ether oxygens (including phenoxy) is 1. The zero-order chi connectivity index (χ0) is 28.8. The Balaban J connectivity index is 1.50. The van der Waals surface area contributed by atoms with Gasteiger partial charge in [-0.25, -0.2) is 0 Å². The van der Waals surface area contributed by atoms with Crippen molar-refractivity contribution in [2.75, 3.05) is 11.9 Å². The first-order valence-corrected chi connectivity index (χ1v) is 14.0. The minimum absolute atomic E-state index is 0.212. The van der Waals surface area contributed by atoms with E-state index in [2.05, 4.69) is 11.9 Å². The second-order valence-electron chi connectivity index (χ2n) is 10.8. The highest BCUT2D eigenvalue weighted by Gasteiger charge is 2.70. The summed E-state index contributed by atoms with van der Waals surface area (Å²) >= 11 is 0. The van der Waals surface area contributed by atoms with Crippen molar-refractivity contribution in [1.82, 2.24) is 4.90 Å². The van der Waals surface area contributed by atoms with Crippen molar-refractivity contribution < 1.29 is 19.1 Å². The number of nitrogens with one attached hydrogen (secondary N) is 1. The lowest BCUT2D eigenvalue weighted by atomic mass is 9.62. The standard InChI is InChI=1S/C36H28N2O4/c1-2-21-42-26-15-10-14-25(22-26)32(39)30-31(33(40)24-12-4-3-5-13-24)38-20-19-23-11-6-7-16-27(23)34(38)36(30)28-17-8-9-18-29(28)37-35(36)41/h2-20,22,30-31,34H,1,21H2,(H,37,41)/t30-,31+,34+,36+/m0/s1. The van der Waals surface area contributed by atoms with Crippen LogP contribution in [0.3, 0.4) is 0 Å². The number of fused-ring (bicyclic) bond motifs is 6. The number of nitrogens with zero attached hydrogens (tertiary/aromatic N) is 1. The molecular formula is C36H28N2O4. The molecule has 1 spiro atoms. The third-order valence-electron chi connectivity index (χ3n) is 8.67. The Morgan fingerprint density at radius 3 is 2.45 bits per heavy atom. The molecule has 0 bridgehead atoms. The Labute approximate surface area is 243 Å². The summed E-state index contributed by atoms with van der Waals surface area (Å²) in [6.07, 6.45) is 5.47. The van der Waals surface area contributed by atoms with Crippen LogP contribution in [0.15, 0.2) is 122 Å². The lowest BCUT2D eigenvalue weighted by Gasteiger charge is -2.38. The number of anilines is 1. The summed E-state index contributed by atoms with van der Waals surface area (Å²) in [6, 6.07) is 29.8. The average Bonchev–Trinajstić information content (AvgIpc) is 3.52. The first kappa shape index (κ1) is 25.7. The molecule has 0 aliphatic carbocycles. The van der Waals surface area contributed by atoms with E-state index in [9.17, 15) is 14.4 Å². The Kier molecular flexibility index (Phi) is 6.12. The van der Waals surface area contributed by atoms with Crippen molar-refractivity contribution in [3.05, 3.63) is 150 Å². The smallest absolute Gasteiger partial charge is 0.238 e. The first-order valence-electron chi connectivity index (χ1n) is 14.0. The number of amides is 1. The van der Waals surface area contributed by atoms with Gasteiger partial charge in [-0.05, 0) is 41.0 Å². The SMILES string of the molecule is C=CCOc1cccc(C(=O)[C@@H]2[C@H](C(=O)c3ccccc3)N3C=Cc4ccccc4[C@@H]3[C@]23C(=O)Nc2ccccc23)c1. The predicted molar refractivity (Wildman–Crippen MR) is 161 cm³/mol. The number of hydrogen-bond acceptors (Lipinski definition) is 5. The van der Waals surface area contributed by atoms with E-state index in [0.29, 0.717) is 22.6 Å². The van der Waals surface area contributed by atoms with Crippen molar-refractivity contribution in [3.8, 4) is 5.75 Å². The monoisotopic (exact) mass is 552 g/mol. The number of para-hydroxylation sites is 1. The van der Waals surface area contributed by atoms with Gasteiger partial charge in [-0.15, -0.1) is 0 Å². The summed E-state index contributed by atoms with van der Waals surface area (Å²) in [5.41, 5.74) is 2.71. The van der Waals surface area contributed by atoms with Crippen LogP contribution >= 0.6 is 0 Å². The Morgan fingerprint density at radius 2 is 1.62 bits per heavy atom. The van der Waals surface area contributed by atoms with Crippen LogP contribution in [0.5, 0.6) is 5.75 Å². The summed E-state index contributed by atoms with van der Waals surface area (Å²) in [4.78, 5) is 45.9. The van der Waals surface area contributed by atoms with Gasteiger partial charge < -0.3 is 15.0 Å². The van der Waals surface area contributed by atoms with Crippen molar-refractivity contribution in [1.29, 1.82) is 0 Å². The second kappa shape index (κ2) is 10.00. The van der Waals surface area contributed by atoms with Crippen LogP contribution in [0.1, 0.15) is 43.4 Å². The molecule has 6 nitrogen and oxygen atoms in total. The van der Waals surface area contributed by atoms with E-state index in [1.807, 2.05) is 83.9 Å². The van der Waals surface area contributed by atoms with Crippen molar-refractivity contribution in [3.63, 3.8) is 0 Å². The average molecular weight is 553 g/mol. The van der Waals surface area contributed by atoms with Gasteiger partial charge in [-0.3, -0.25) is 14.4 Å². The number of Topliss-reactive ketones (excluding diaryl/α,β-unsaturated/α-hetero) is 2. The quantitative estimate of drug-likeness (QED) is 0.217. The van der Waals surface area contributed by atoms with Crippen molar-refractivity contribution >= 4 is 29.2 Å². The molecule has 4 aromatic carbocycles. The highest BCUT2D eigenvalue weighted by atomic mass is 16.5. The van der Waals surface area contributed by atoms with E-state index in [-0.39, 0.29) is 24.1 Å². The third kappa shape index (κ3) is 3.68. The van der Waals surface area contributed by atoms with E-state index in [1.54, 1.807) is 42.5 Å². The number of carbonyl (C=O) groups excluding carboxylic acids is 3. The number of rotatable bonds is 7. The van der Waals surface area contributed by atoms with Crippen molar-refractivity contribution in [2.45, 2.75) is 17.5 Å². The maximum atomic E-state index is 14.9. The van der Waals surface area contributed by atoms with E-state index < -0.39 is 23.4 Å². The predicted octanol–water partition coefficient (Wildman–Crippen LogP) is 6.23. The van der Waals surface area contributed by atoms with Crippen LogP contribution in [-0.4, -0.2) is 35.0 Å². The molecule has 0 radical (unpaired) electrons. The normalized spacial score (nSPS) is 23.1. The van der Waals surface area contributed by atoms with Gasteiger partial charge in [0.15, 0.2) is 11.6 Å². The molecule has 0 saturated carbocycles. The lowest BCUT2D eigenvalue weighted by molar-refractivity contribution is -0.122. The van der Waals surface area contributed by atoms with Crippen molar-refractivity contribution in [2.24, 2.45) is 5.92 Å². The van der Waals surface area contributed by atoms with Crippen LogP contribution in [0, 0.1) is 5.92 Å². The maximum absolute atomic E-state index is 14.9. The number of hydrogen-bond donors (Lipinski definition) is 1. The van der Waals surface area contributed by atoms with Gasteiger partial charge >= 0.3 is 0 Å². The topological polar surface area (TPSA) is 75.7 Å². The van der Waals surface area contributed by atoms with Crippen LogP contribution in [0.4, 0.5) is 5.69 Å². The Hall–Kier alpha value is -5.23. The Bertz CT molecular complexity index is 1780. The molecule has 7 rings (SSSR count). The van der Waals surface area contributed by atoms with Gasteiger partial charge in [0.2, 0.25) is 5.91 Å². The van der Waals surface area contributed by atoms with Crippen LogP contribution in [0.25, 0.3) is 6.08 Å². The van der Waals surface area contributed by atoms with Gasteiger partial charge in [-0.2, -0.15) is 0 Å². The second-order valence-corrected chi connectivity index (χ2v) is 10.8. The molecule has 1 fully saturated rings. The fourth-order valence-corrected chi connectivity index (χ4v) is 7.01. The largest absolute Gasteiger partial charge is 0.490 e. The number of benzene rings is 4. The molecule has 4 atom stereocenters. The molecule has 3 aliphatic rings. The van der Waals surface area contributed by atoms with Crippen LogP contribution in [-0.2, 0) is 10.2 Å². The van der Waals surface area contributed by atoms with Gasteiger partial charge in [0.05, 0.1) is 12.0 Å². The summed E-state index contributed by atoms with van der Waals surface area (Å²) in [7, 11) is 0. The third-order valence-corrected chi connectivity index (χ3v) is 8.67. The zero-order valence-electron chi connectivity index (χ0n) is 22.8. The summed E-state index contributed by atoms with van der Waals surface area (Å²) < 4.78 is 5.75. The molecule has 206 valence electrons. The lowest BCUT2D eigenvalue weighted by Crippen LogP contribution is -2.49. The zero-order valence-corrected chi connectivity index (χ0v) is 22.8. The van der Waals surface area contributed by atoms with E-state index >= 15 is 0 Å². The fourth-order valence-electron chi connectivity index (χ4n) is 7.01. The van der Waals surface area contributed by atoms with E-state index in [4.69, 9.17) is 4.74 Å².